The Balaban J connectivity index is 2.86. The van der Waals surface area contributed by atoms with Crippen molar-refractivity contribution < 1.29 is 19.4 Å². The highest BCUT2D eigenvalue weighted by Gasteiger charge is 2.19. The molecule has 0 aliphatic carbocycles. The van der Waals surface area contributed by atoms with Crippen molar-refractivity contribution in [3.8, 4) is 11.5 Å². The summed E-state index contributed by atoms with van der Waals surface area (Å²) in [4.78, 5) is 11.3. The van der Waals surface area contributed by atoms with Crippen molar-refractivity contribution in [1.82, 2.24) is 5.32 Å². The first-order valence-corrected chi connectivity index (χ1v) is 7.72. The first-order valence-electron chi connectivity index (χ1n) is 7.34. The van der Waals surface area contributed by atoms with E-state index in [1.165, 1.54) is 0 Å². The van der Waals surface area contributed by atoms with Crippen molar-refractivity contribution in [3.05, 3.63) is 22.7 Å². The van der Waals surface area contributed by atoms with E-state index in [-0.39, 0.29) is 0 Å². The van der Waals surface area contributed by atoms with Gasteiger partial charge in [0.2, 0.25) is 0 Å². The zero-order chi connectivity index (χ0) is 16.7. The second kappa shape index (κ2) is 8.86. The van der Waals surface area contributed by atoms with E-state index in [2.05, 4.69) is 5.32 Å². The standard InChI is InChI=1S/C16H24ClNO4/c1-5-22-15-8-12(17)11(7-14(15)21-4)9-18-13(16(19)20)6-10(2)3/h7-8,10,13,18H,5-6,9H2,1-4H3,(H,19,20). The highest BCUT2D eigenvalue weighted by Crippen LogP contribution is 2.33. The molecular formula is C16H24ClNO4. The molecule has 124 valence electrons. The van der Waals surface area contributed by atoms with Crippen LogP contribution in [0.1, 0.15) is 32.8 Å². The van der Waals surface area contributed by atoms with Gasteiger partial charge in [-0.3, -0.25) is 4.79 Å². The van der Waals surface area contributed by atoms with Gasteiger partial charge in [0.05, 0.1) is 13.7 Å². The molecule has 0 amide bonds. The number of hydrogen-bond donors (Lipinski definition) is 2. The van der Waals surface area contributed by atoms with Gasteiger partial charge >= 0.3 is 5.97 Å². The summed E-state index contributed by atoms with van der Waals surface area (Å²) in [7, 11) is 1.56. The SMILES string of the molecule is CCOc1cc(Cl)c(CNC(CC(C)C)C(=O)O)cc1OC. The van der Waals surface area contributed by atoms with E-state index in [0.717, 1.165) is 5.56 Å². The van der Waals surface area contributed by atoms with Crippen LogP contribution < -0.4 is 14.8 Å². The molecule has 1 aromatic rings. The average molecular weight is 330 g/mol. The summed E-state index contributed by atoms with van der Waals surface area (Å²) in [5, 5.41) is 12.8. The number of methoxy groups -OCH3 is 1. The second-order valence-corrected chi connectivity index (χ2v) is 5.84. The van der Waals surface area contributed by atoms with Gasteiger partial charge in [0.1, 0.15) is 6.04 Å². The van der Waals surface area contributed by atoms with Crippen LogP contribution in [0.15, 0.2) is 12.1 Å². The number of rotatable bonds is 9. The smallest absolute Gasteiger partial charge is 0.320 e. The van der Waals surface area contributed by atoms with Gasteiger partial charge in [0.25, 0.3) is 0 Å². The number of hydrogen-bond acceptors (Lipinski definition) is 4. The fourth-order valence-corrected chi connectivity index (χ4v) is 2.34. The lowest BCUT2D eigenvalue weighted by molar-refractivity contribution is -0.140. The van der Waals surface area contributed by atoms with Gasteiger partial charge in [-0.2, -0.15) is 0 Å². The molecule has 0 aromatic heterocycles. The monoisotopic (exact) mass is 329 g/mol. The number of ether oxygens (including phenoxy) is 2. The Morgan fingerprint density at radius 2 is 2.05 bits per heavy atom. The molecular weight excluding hydrogens is 306 g/mol. The maximum Gasteiger partial charge on any atom is 0.320 e. The third kappa shape index (κ3) is 5.39. The average Bonchev–Trinajstić information content (AvgIpc) is 2.44. The van der Waals surface area contributed by atoms with Crippen LogP contribution in [0.2, 0.25) is 5.02 Å². The summed E-state index contributed by atoms with van der Waals surface area (Å²) >= 11 is 6.24. The van der Waals surface area contributed by atoms with E-state index in [0.29, 0.717) is 42.0 Å². The minimum atomic E-state index is -0.859. The Labute approximate surface area is 136 Å². The Kier molecular flexibility index (Phi) is 7.48. The lowest BCUT2D eigenvalue weighted by Crippen LogP contribution is -2.37. The first-order chi connectivity index (χ1) is 10.4. The lowest BCUT2D eigenvalue weighted by Gasteiger charge is -2.18. The van der Waals surface area contributed by atoms with Crippen molar-refractivity contribution in [2.24, 2.45) is 5.92 Å². The molecule has 1 aromatic carbocycles. The molecule has 6 heteroatoms. The van der Waals surface area contributed by atoms with Crippen molar-refractivity contribution in [1.29, 1.82) is 0 Å². The van der Waals surface area contributed by atoms with Crippen LogP contribution in [0.5, 0.6) is 11.5 Å². The normalized spacial score (nSPS) is 12.3. The van der Waals surface area contributed by atoms with Crippen LogP contribution in [-0.4, -0.2) is 30.8 Å². The maximum atomic E-state index is 11.3. The summed E-state index contributed by atoms with van der Waals surface area (Å²) in [6.07, 6.45) is 0.557. The van der Waals surface area contributed by atoms with Crippen molar-refractivity contribution in [2.45, 2.75) is 39.8 Å². The van der Waals surface area contributed by atoms with Gasteiger partial charge in [-0.1, -0.05) is 25.4 Å². The van der Waals surface area contributed by atoms with Crippen LogP contribution in [0.25, 0.3) is 0 Å². The van der Waals surface area contributed by atoms with Crippen LogP contribution in [0, 0.1) is 5.92 Å². The summed E-state index contributed by atoms with van der Waals surface area (Å²) in [5.41, 5.74) is 0.775. The van der Waals surface area contributed by atoms with E-state index < -0.39 is 12.0 Å². The van der Waals surface area contributed by atoms with Gasteiger partial charge in [0, 0.05) is 17.6 Å². The van der Waals surface area contributed by atoms with E-state index >= 15 is 0 Å². The van der Waals surface area contributed by atoms with E-state index in [1.54, 1.807) is 19.2 Å². The Morgan fingerprint density at radius 3 is 2.55 bits per heavy atom. The van der Waals surface area contributed by atoms with Crippen LogP contribution in [-0.2, 0) is 11.3 Å². The van der Waals surface area contributed by atoms with Crippen LogP contribution in [0.4, 0.5) is 0 Å². The molecule has 1 unspecified atom stereocenters. The largest absolute Gasteiger partial charge is 0.493 e. The molecule has 5 nitrogen and oxygen atoms in total. The maximum absolute atomic E-state index is 11.3. The van der Waals surface area contributed by atoms with Crippen LogP contribution in [0.3, 0.4) is 0 Å². The van der Waals surface area contributed by atoms with E-state index in [4.69, 9.17) is 21.1 Å². The number of carboxylic acid groups (broad SMARTS) is 1. The van der Waals surface area contributed by atoms with Gasteiger partial charge in [-0.25, -0.2) is 0 Å². The molecule has 2 N–H and O–H groups in total. The molecule has 0 aliphatic rings. The highest BCUT2D eigenvalue weighted by atomic mass is 35.5. The molecule has 1 rings (SSSR count). The predicted octanol–water partition coefficient (Wildman–Crippen LogP) is 3.34. The summed E-state index contributed by atoms with van der Waals surface area (Å²) in [5.74, 6) is 0.594. The summed E-state index contributed by atoms with van der Waals surface area (Å²) in [6.45, 7) is 6.73. The third-order valence-corrected chi connectivity index (χ3v) is 3.53. The molecule has 0 aliphatic heterocycles. The van der Waals surface area contributed by atoms with Crippen molar-refractivity contribution in [3.63, 3.8) is 0 Å². The molecule has 0 fully saturated rings. The van der Waals surface area contributed by atoms with Gasteiger partial charge < -0.3 is 19.9 Å². The highest BCUT2D eigenvalue weighted by molar-refractivity contribution is 6.31. The minimum Gasteiger partial charge on any atom is -0.493 e. The number of benzene rings is 1. The molecule has 0 heterocycles. The topological polar surface area (TPSA) is 67.8 Å². The molecule has 22 heavy (non-hydrogen) atoms. The molecule has 0 saturated carbocycles. The molecule has 0 saturated heterocycles. The molecule has 0 bridgehead atoms. The second-order valence-electron chi connectivity index (χ2n) is 5.43. The minimum absolute atomic E-state index is 0.291. The Morgan fingerprint density at radius 1 is 1.36 bits per heavy atom. The van der Waals surface area contributed by atoms with Crippen molar-refractivity contribution >= 4 is 17.6 Å². The first kappa shape index (κ1) is 18.6. The number of carboxylic acids is 1. The fraction of sp³-hybridized carbons (Fsp3) is 0.562. The summed E-state index contributed by atoms with van der Waals surface area (Å²) < 4.78 is 10.7. The lowest BCUT2D eigenvalue weighted by atomic mass is 10.0. The van der Waals surface area contributed by atoms with Crippen LogP contribution >= 0.6 is 11.6 Å². The fourth-order valence-electron chi connectivity index (χ4n) is 2.12. The molecule has 0 radical (unpaired) electrons. The number of nitrogens with one attached hydrogen (secondary N) is 1. The summed E-state index contributed by atoms with van der Waals surface area (Å²) in [6, 6.07) is 2.86. The predicted molar refractivity (Wildman–Crippen MR) is 86.9 cm³/mol. The molecule has 1 atom stereocenters. The zero-order valence-electron chi connectivity index (χ0n) is 13.5. The van der Waals surface area contributed by atoms with Gasteiger partial charge in [-0.15, -0.1) is 0 Å². The quantitative estimate of drug-likeness (QED) is 0.727. The Bertz CT molecular complexity index is 505. The number of carbonyl (C=O) groups is 1. The van der Waals surface area contributed by atoms with E-state index in [9.17, 15) is 9.90 Å². The Hall–Kier alpha value is -1.46. The van der Waals surface area contributed by atoms with E-state index in [1.807, 2.05) is 20.8 Å². The van der Waals surface area contributed by atoms with Crippen molar-refractivity contribution in [2.75, 3.05) is 13.7 Å². The number of halogens is 1. The number of aliphatic carboxylic acids is 1. The van der Waals surface area contributed by atoms with Gasteiger partial charge in [0.15, 0.2) is 11.5 Å². The zero-order valence-corrected chi connectivity index (χ0v) is 14.2. The molecule has 0 spiro atoms. The van der Waals surface area contributed by atoms with Gasteiger partial charge in [-0.05, 0) is 30.9 Å². The third-order valence-electron chi connectivity index (χ3n) is 3.18.